The molecule has 4 nitrogen and oxygen atoms in total. The minimum Gasteiger partial charge on any atom is -0.338 e. The molecule has 1 N–H and O–H groups in total. The van der Waals surface area contributed by atoms with Gasteiger partial charge in [-0.15, -0.1) is 0 Å². The van der Waals surface area contributed by atoms with Crippen LogP contribution < -0.4 is 10.7 Å². The van der Waals surface area contributed by atoms with Crippen LogP contribution >= 0.6 is 11.6 Å². The normalized spacial score (nSPS) is 10.8. The average molecular weight is 345 g/mol. The highest BCUT2D eigenvalue weighted by Crippen LogP contribution is 2.23. The van der Waals surface area contributed by atoms with Gasteiger partial charge in [0, 0.05) is 28.4 Å². The van der Waals surface area contributed by atoms with Crippen LogP contribution in [0.1, 0.15) is 5.56 Å². The van der Waals surface area contributed by atoms with Gasteiger partial charge in [-0.2, -0.15) is 0 Å². The molecule has 2 aromatic carbocycles. The maximum Gasteiger partial charge on any atom is 0.244 e. The Morgan fingerprint density at radius 1 is 1.25 bits per heavy atom. The highest BCUT2D eigenvalue weighted by Gasteiger charge is 2.10. The summed E-state index contributed by atoms with van der Waals surface area (Å²) < 4.78 is 14.9. The molecule has 0 unspecified atom stereocenters. The SMILES string of the molecule is Cc1c(Cl)cccc1NC(=O)Cn1ccc(=O)c2cc(F)ccc21. The third kappa shape index (κ3) is 3.16. The van der Waals surface area contributed by atoms with E-state index in [0.29, 0.717) is 16.2 Å². The average Bonchev–Trinajstić information content (AvgIpc) is 2.55. The summed E-state index contributed by atoms with van der Waals surface area (Å²) in [5, 5.41) is 3.60. The Kier molecular flexibility index (Phi) is 4.36. The predicted molar refractivity (Wildman–Crippen MR) is 93.0 cm³/mol. The van der Waals surface area contributed by atoms with Gasteiger partial charge in [0.2, 0.25) is 5.91 Å². The first-order chi connectivity index (χ1) is 11.5. The third-order valence-electron chi connectivity index (χ3n) is 3.80. The lowest BCUT2D eigenvalue weighted by Gasteiger charge is -2.13. The minimum atomic E-state index is -0.489. The van der Waals surface area contributed by atoms with Crippen LogP contribution in [0.5, 0.6) is 0 Å². The molecule has 1 heterocycles. The zero-order valence-corrected chi connectivity index (χ0v) is 13.6. The number of carbonyl (C=O) groups excluding carboxylic acids is 1. The van der Waals surface area contributed by atoms with Gasteiger partial charge in [-0.05, 0) is 42.8 Å². The molecule has 3 aromatic rings. The molecule has 24 heavy (non-hydrogen) atoms. The van der Waals surface area contributed by atoms with Crippen molar-refractivity contribution in [2.45, 2.75) is 13.5 Å². The molecule has 1 aromatic heterocycles. The standard InChI is InChI=1S/C18H14ClFN2O2/c1-11-14(19)3-2-4-15(11)21-18(24)10-22-8-7-17(23)13-9-12(20)5-6-16(13)22/h2-9H,10H2,1H3,(H,21,24). The second-order valence-corrected chi connectivity index (χ2v) is 5.84. The molecule has 3 rings (SSSR count). The Labute approximate surface area is 142 Å². The van der Waals surface area contributed by atoms with E-state index >= 15 is 0 Å². The van der Waals surface area contributed by atoms with E-state index in [9.17, 15) is 14.0 Å². The summed E-state index contributed by atoms with van der Waals surface area (Å²) >= 11 is 6.04. The van der Waals surface area contributed by atoms with Crippen LogP contribution in [0.25, 0.3) is 10.9 Å². The fraction of sp³-hybridized carbons (Fsp3) is 0.111. The maximum absolute atomic E-state index is 13.3. The van der Waals surface area contributed by atoms with Gasteiger partial charge in [0.1, 0.15) is 12.4 Å². The molecule has 0 fully saturated rings. The summed E-state index contributed by atoms with van der Waals surface area (Å²) in [5.74, 6) is -0.758. The van der Waals surface area contributed by atoms with Crippen molar-refractivity contribution in [1.82, 2.24) is 4.57 Å². The van der Waals surface area contributed by atoms with Crippen LogP contribution in [0.4, 0.5) is 10.1 Å². The number of anilines is 1. The number of carbonyl (C=O) groups is 1. The first-order valence-electron chi connectivity index (χ1n) is 7.29. The quantitative estimate of drug-likeness (QED) is 0.787. The van der Waals surface area contributed by atoms with Crippen molar-refractivity contribution in [3.8, 4) is 0 Å². The van der Waals surface area contributed by atoms with E-state index in [0.717, 1.165) is 5.56 Å². The van der Waals surface area contributed by atoms with Crippen LogP contribution in [0, 0.1) is 12.7 Å². The number of nitrogens with zero attached hydrogens (tertiary/aromatic N) is 1. The van der Waals surface area contributed by atoms with Crippen LogP contribution in [0.15, 0.2) is 53.5 Å². The van der Waals surface area contributed by atoms with Gasteiger partial charge in [0.15, 0.2) is 5.43 Å². The van der Waals surface area contributed by atoms with Crippen LogP contribution in [-0.2, 0) is 11.3 Å². The van der Waals surface area contributed by atoms with E-state index in [1.54, 1.807) is 22.8 Å². The van der Waals surface area contributed by atoms with Gasteiger partial charge in [-0.3, -0.25) is 9.59 Å². The first kappa shape index (κ1) is 16.2. The van der Waals surface area contributed by atoms with Gasteiger partial charge in [0.05, 0.1) is 5.52 Å². The lowest BCUT2D eigenvalue weighted by molar-refractivity contribution is -0.116. The number of hydrogen-bond donors (Lipinski definition) is 1. The number of aromatic nitrogens is 1. The van der Waals surface area contributed by atoms with Gasteiger partial charge in [0.25, 0.3) is 0 Å². The van der Waals surface area contributed by atoms with Crippen LogP contribution in [-0.4, -0.2) is 10.5 Å². The number of halogens is 2. The predicted octanol–water partition coefficient (Wildman–Crippen LogP) is 3.74. The lowest BCUT2D eigenvalue weighted by atomic mass is 10.2. The Bertz CT molecular complexity index is 998. The van der Waals surface area contributed by atoms with Crippen molar-refractivity contribution in [3.05, 3.63) is 75.3 Å². The van der Waals surface area contributed by atoms with Crippen molar-refractivity contribution in [2.24, 2.45) is 0 Å². The molecule has 0 bridgehead atoms. The number of benzene rings is 2. The van der Waals surface area contributed by atoms with E-state index in [4.69, 9.17) is 11.6 Å². The van der Waals surface area contributed by atoms with Crippen molar-refractivity contribution in [2.75, 3.05) is 5.32 Å². The van der Waals surface area contributed by atoms with Gasteiger partial charge in [-0.1, -0.05) is 17.7 Å². The second-order valence-electron chi connectivity index (χ2n) is 5.43. The van der Waals surface area contributed by atoms with Crippen molar-refractivity contribution < 1.29 is 9.18 Å². The fourth-order valence-electron chi connectivity index (χ4n) is 2.51. The molecule has 0 saturated heterocycles. The lowest BCUT2D eigenvalue weighted by Crippen LogP contribution is -2.20. The Morgan fingerprint density at radius 2 is 2.04 bits per heavy atom. The Morgan fingerprint density at radius 3 is 2.83 bits per heavy atom. The zero-order chi connectivity index (χ0) is 17.3. The molecule has 0 aliphatic heterocycles. The number of hydrogen-bond acceptors (Lipinski definition) is 2. The topological polar surface area (TPSA) is 51.1 Å². The van der Waals surface area contributed by atoms with E-state index in [1.807, 2.05) is 6.92 Å². The number of nitrogens with one attached hydrogen (secondary N) is 1. The number of rotatable bonds is 3. The van der Waals surface area contributed by atoms with E-state index in [2.05, 4.69) is 5.32 Å². The highest BCUT2D eigenvalue weighted by molar-refractivity contribution is 6.31. The first-order valence-corrected chi connectivity index (χ1v) is 7.67. The molecule has 122 valence electrons. The fourth-order valence-corrected chi connectivity index (χ4v) is 2.68. The van der Waals surface area contributed by atoms with Crippen LogP contribution in [0.2, 0.25) is 5.02 Å². The molecule has 0 aliphatic carbocycles. The monoisotopic (exact) mass is 344 g/mol. The number of pyridine rings is 1. The molecule has 1 amide bonds. The highest BCUT2D eigenvalue weighted by atomic mass is 35.5. The van der Waals surface area contributed by atoms with Crippen LogP contribution in [0.3, 0.4) is 0 Å². The summed E-state index contributed by atoms with van der Waals surface area (Å²) in [6, 6.07) is 10.5. The Balaban J connectivity index is 1.90. The summed E-state index contributed by atoms with van der Waals surface area (Å²) in [5.41, 5.74) is 1.62. The smallest absolute Gasteiger partial charge is 0.244 e. The summed E-state index contributed by atoms with van der Waals surface area (Å²) in [4.78, 5) is 24.2. The third-order valence-corrected chi connectivity index (χ3v) is 4.20. The van der Waals surface area contributed by atoms with E-state index < -0.39 is 5.82 Å². The minimum absolute atomic E-state index is 0.00559. The van der Waals surface area contributed by atoms with Crippen molar-refractivity contribution >= 4 is 34.1 Å². The molecular formula is C18H14ClFN2O2. The summed E-state index contributed by atoms with van der Waals surface area (Å²) in [7, 11) is 0. The van der Waals surface area contributed by atoms with E-state index in [1.165, 1.54) is 30.5 Å². The summed E-state index contributed by atoms with van der Waals surface area (Å²) in [6.45, 7) is 1.81. The number of amides is 1. The molecule has 0 atom stereocenters. The molecular weight excluding hydrogens is 331 g/mol. The van der Waals surface area contributed by atoms with Gasteiger partial charge >= 0.3 is 0 Å². The molecule has 0 saturated carbocycles. The number of fused-ring (bicyclic) bond motifs is 1. The molecule has 0 aliphatic rings. The van der Waals surface area contributed by atoms with E-state index in [-0.39, 0.29) is 23.3 Å². The molecule has 0 spiro atoms. The largest absolute Gasteiger partial charge is 0.338 e. The second kappa shape index (κ2) is 6.45. The maximum atomic E-state index is 13.3. The van der Waals surface area contributed by atoms with Crippen molar-refractivity contribution in [1.29, 1.82) is 0 Å². The zero-order valence-electron chi connectivity index (χ0n) is 12.8. The van der Waals surface area contributed by atoms with Gasteiger partial charge < -0.3 is 9.88 Å². The Hall–Kier alpha value is -2.66. The molecule has 6 heteroatoms. The molecule has 0 radical (unpaired) electrons. The van der Waals surface area contributed by atoms with Gasteiger partial charge in [-0.25, -0.2) is 4.39 Å². The summed E-state index contributed by atoms with van der Waals surface area (Å²) in [6.07, 6.45) is 1.52. The van der Waals surface area contributed by atoms with Crippen molar-refractivity contribution in [3.63, 3.8) is 0 Å².